The van der Waals surface area contributed by atoms with E-state index < -0.39 is 0 Å². The van der Waals surface area contributed by atoms with Crippen LogP contribution in [0.5, 0.6) is 0 Å². The highest BCUT2D eigenvalue weighted by Gasteiger charge is 2.28. The number of nitriles is 1. The number of aromatic nitrogens is 1. The Morgan fingerprint density at radius 2 is 2.32 bits per heavy atom. The monoisotopic (exact) mass is 261 g/mol. The van der Waals surface area contributed by atoms with Crippen LogP contribution in [0, 0.1) is 25.2 Å². The molecule has 1 N–H and O–H groups in total. The van der Waals surface area contributed by atoms with Crippen LogP contribution in [0.1, 0.15) is 23.9 Å². The lowest BCUT2D eigenvalue weighted by molar-refractivity contribution is -0.0103. The number of aryl methyl sites for hydroxylation is 2. The molecule has 5 nitrogen and oxygen atoms in total. The molecular weight excluding hydrogens is 242 g/mol. The number of rotatable bonds is 2. The van der Waals surface area contributed by atoms with Crippen LogP contribution in [-0.4, -0.2) is 42.0 Å². The summed E-state index contributed by atoms with van der Waals surface area (Å²) in [5, 5.41) is 18.6. The molecule has 1 aromatic rings. The van der Waals surface area contributed by atoms with Crippen molar-refractivity contribution in [1.82, 2.24) is 4.98 Å². The number of aliphatic hydroxyl groups excluding tert-OH is 1. The van der Waals surface area contributed by atoms with E-state index >= 15 is 0 Å². The summed E-state index contributed by atoms with van der Waals surface area (Å²) in [6.07, 6.45) is -0.198. The highest BCUT2D eigenvalue weighted by atomic mass is 16.5. The average Bonchev–Trinajstić information content (AvgIpc) is 2.38. The maximum Gasteiger partial charge on any atom is 0.103 e. The second kappa shape index (κ2) is 5.55. The minimum absolute atomic E-state index is 0.00580. The zero-order valence-corrected chi connectivity index (χ0v) is 11.6. The zero-order chi connectivity index (χ0) is 14.0. The lowest BCUT2D eigenvalue weighted by atomic mass is 10.1. The number of hydrogen-bond donors (Lipinski definition) is 1. The first-order chi connectivity index (χ1) is 9.06. The quantitative estimate of drug-likeness (QED) is 0.865. The van der Waals surface area contributed by atoms with Crippen molar-refractivity contribution < 1.29 is 9.84 Å². The summed E-state index contributed by atoms with van der Waals surface area (Å²) >= 11 is 0. The third-order valence-corrected chi connectivity index (χ3v) is 3.44. The van der Waals surface area contributed by atoms with Gasteiger partial charge in [0.2, 0.25) is 0 Å². The summed E-state index contributed by atoms with van der Waals surface area (Å²) in [6.45, 7) is 6.97. The molecule has 0 bridgehead atoms. The van der Waals surface area contributed by atoms with Gasteiger partial charge in [-0.05, 0) is 26.8 Å². The van der Waals surface area contributed by atoms with E-state index in [2.05, 4.69) is 22.9 Å². The molecule has 0 saturated carbocycles. The number of nitrogens with zero attached hydrogens (tertiary/aromatic N) is 3. The molecular formula is C14H19N3O2. The van der Waals surface area contributed by atoms with E-state index in [0.717, 1.165) is 17.1 Å². The Morgan fingerprint density at radius 3 is 2.95 bits per heavy atom. The molecule has 1 aliphatic rings. The fourth-order valence-corrected chi connectivity index (χ4v) is 2.44. The Labute approximate surface area is 113 Å². The van der Waals surface area contributed by atoms with Crippen LogP contribution in [-0.2, 0) is 4.74 Å². The Morgan fingerprint density at radius 1 is 1.58 bits per heavy atom. The van der Waals surface area contributed by atoms with Crippen molar-refractivity contribution in [2.75, 3.05) is 24.7 Å². The van der Waals surface area contributed by atoms with E-state index in [0.29, 0.717) is 18.7 Å². The standard InChI is InChI=1S/C14H19N3O2/c1-9-4-14(13(5-15)11(3)16-9)17-6-12(7-18)19-8-10(17)2/h4,10,12,18H,6-8H2,1-3H3. The van der Waals surface area contributed by atoms with Crippen LogP contribution in [0.2, 0.25) is 0 Å². The van der Waals surface area contributed by atoms with Crippen LogP contribution in [0.25, 0.3) is 0 Å². The number of aliphatic hydroxyl groups is 1. The van der Waals surface area contributed by atoms with Crippen molar-refractivity contribution in [3.05, 3.63) is 23.0 Å². The van der Waals surface area contributed by atoms with Gasteiger partial charge in [0.25, 0.3) is 0 Å². The van der Waals surface area contributed by atoms with Crippen LogP contribution in [0.15, 0.2) is 6.07 Å². The molecule has 1 fully saturated rings. The van der Waals surface area contributed by atoms with Crippen LogP contribution < -0.4 is 4.90 Å². The first-order valence-electron chi connectivity index (χ1n) is 6.44. The fourth-order valence-electron chi connectivity index (χ4n) is 2.44. The van der Waals surface area contributed by atoms with Crippen molar-refractivity contribution in [1.29, 1.82) is 5.26 Å². The number of hydrogen-bond acceptors (Lipinski definition) is 5. The molecule has 0 amide bonds. The van der Waals surface area contributed by atoms with Gasteiger partial charge in [-0.1, -0.05) is 0 Å². The van der Waals surface area contributed by atoms with Crippen molar-refractivity contribution in [2.45, 2.75) is 32.9 Å². The normalized spacial score (nSPS) is 23.2. The van der Waals surface area contributed by atoms with Gasteiger partial charge in [0.15, 0.2) is 0 Å². The molecule has 0 radical (unpaired) electrons. The topological polar surface area (TPSA) is 69.4 Å². The predicted molar refractivity (Wildman–Crippen MR) is 72.1 cm³/mol. The van der Waals surface area contributed by atoms with Gasteiger partial charge in [0.1, 0.15) is 6.07 Å². The predicted octanol–water partition coefficient (Wildman–Crippen LogP) is 1.16. The molecule has 2 heterocycles. The summed E-state index contributed by atoms with van der Waals surface area (Å²) in [6, 6.07) is 4.34. The molecule has 0 aromatic carbocycles. The smallest absolute Gasteiger partial charge is 0.103 e. The van der Waals surface area contributed by atoms with Crippen LogP contribution >= 0.6 is 0 Å². The number of anilines is 1. The van der Waals surface area contributed by atoms with Gasteiger partial charge >= 0.3 is 0 Å². The zero-order valence-electron chi connectivity index (χ0n) is 11.6. The molecule has 102 valence electrons. The van der Waals surface area contributed by atoms with E-state index in [1.54, 1.807) is 0 Å². The molecule has 0 aliphatic carbocycles. The van der Waals surface area contributed by atoms with Crippen LogP contribution in [0.3, 0.4) is 0 Å². The van der Waals surface area contributed by atoms with Crippen LogP contribution in [0.4, 0.5) is 5.69 Å². The fraction of sp³-hybridized carbons (Fsp3) is 0.571. The van der Waals surface area contributed by atoms with E-state index in [1.807, 2.05) is 19.9 Å². The molecule has 0 spiro atoms. The van der Waals surface area contributed by atoms with Gasteiger partial charge in [-0.15, -0.1) is 0 Å². The van der Waals surface area contributed by atoms with E-state index in [9.17, 15) is 10.4 Å². The molecule has 19 heavy (non-hydrogen) atoms. The first kappa shape index (κ1) is 13.8. The molecule has 1 aromatic heterocycles. The average molecular weight is 261 g/mol. The number of morpholine rings is 1. The lowest BCUT2D eigenvalue weighted by Crippen LogP contribution is -2.50. The van der Waals surface area contributed by atoms with Gasteiger partial charge in [0.05, 0.1) is 36.3 Å². The summed E-state index contributed by atoms with van der Waals surface area (Å²) in [5.74, 6) is 0. The molecule has 1 saturated heterocycles. The minimum atomic E-state index is -0.198. The van der Waals surface area contributed by atoms with Crippen molar-refractivity contribution >= 4 is 5.69 Å². The summed E-state index contributed by atoms with van der Waals surface area (Å²) < 4.78 is 5.53. The third kappa shape index (κ3) is 2.70. The van der Waals surface area contributed by atoms with E-state index in [4.69, 9.17) is 4.74 Å². The van der Waals surface area contributed by atoms with Gasteiger partial charge < -0.3 is 14.7 Å². The molecule has 2 rings (SSSR count). The summed E-state index contributed by atoms with van der Waals surface area (Å²) in [4.78, 5) is 6.46. The maximum absolute atomic E-state index is 9.33. The van der Waals surface area contributed by atoms with Crippen molar-refractivity contribution in [3.8, 4) is 6.07 Å². The van der Waals surface area contributed by atoms with Gasteiger partial charge in [-0.3, -0.25) is 4.98 Å². The number of pyridine rings is 1. The lowest BCUT2D eigenvalue weighted by Gasteiger charge is -2.39. The minimum Gasteiger partial charge on any atom is -0.394 e. The Balaban J connectivity index is 2.42. The summed E-state index contributed by atoms with van der Waals surface area (Å²) in [7, 11) is 0. The first-order valence-corrected chi connectivity index (χ1v) is 6.44. The highest BCUT2D eigenvalue weighted by molar-refractivity contribution is 5.62. The van der Waals surface area contributed by atoms with Crippen molar-refractivity contribution in [2.24, 2.45) is 0 Å². The maximum atomic E-state index is 9.33. The molecule has 1 aliphatic heterocycles. The molecule has 5 heteroatoms. The SMILES string of the molecule is Cc1cc(N2CC(CO)OCC2C)c(C#N)c(C)n1. The van der Waals surface area contributed by atoms with Gasteiger partial charge in [-0.25, -0.2) is 0 Å². The number of ether oxygens (including phenoxy) is 1. The summed E-state index contributed by atoms with van der Waals surface area (Å²) in [5.41, 5.74) is 3.14. The second-order valence-corrected chi connectivity index (χ2v) is 4.99. The van der Waals surface area contributed by atoms with Gasteiger partial charge in [-0.2, -0.15) is 5.26 Å². The Kier molecular flexibility index (Phi) is 4.03. The second-order valence-electron chi connectivity index (χ2n) is 4.99. The molecule has 2 unspecified atom stereocenters. The Bertz CT molecular complexity index is 510. The Hall–Kier alpha value is -1.64. The van der Waals surface area contributed by atoms with Crippen molar-refractivity contribution in [3.63, 3.8) is 0 Å². The molecule has 2 atom stereocenters. The van der Waals surface area contributed by atoms with E-state index in [-0.39, 0.29) is 18.8 Å². The third-order valence-electron chi connectivity index (χ3n) is 3.44. The van der Waals surface area contributed by atoms with Gasteiger partial charge in [0, 0.05) is 18.3 Å². The highest BCUT2D eigenvalue weighted by Crippen LogP contribution is 2.27. The largest absolute Gasteiger partial charge is 0.394 e. The van der Waals surface area contributed by atoms with E-state index in [1.165, 1.54) is 0 Å².